The first kappa shape index (κ1) is 14.3. The predicted octanol–water partition coefficient (Wildman–Crippen LogP) is 2.09. The fraction of sp³-hybridized carbons (Fsp3) is 1.00. The zero-order chi connectivity index (χ0) is 13.8. The van der Waals surface area contributed by atoms with E-state index in [4.69, 9.17) is 0 Å². The minimum atomic E-state index is -0.733. The minimum absolute atomic E-state index is 0.211. The Morgan fingerprint density at radius 1 is 1.11 bits per heavy atom. The Morgan fingerprint density at radius 3 is 2.28 bits per heavy atom. The van der Waals surface area contributed by atoms with E-state index in [0.29, 0.717) is 18.8 Å². The van der Waals surface area contributed by atoms with Crippen molar-refractivity contribution in [1.82, 2.24) is 0 Å². The quantitative estimate of drug-likeness (QED) is 0.673. The molecule has 0 aromatic heterocycles. The fourth-order valence-corrected chi connectivity index (χ4v) is 4.59. The summed E-state index contributed by atoms with van der Waals surface area (Å²) in [5, 5.41) is 31.3. The molecule has 2 aliphatic rings. The van der Waals surface area contributed by atoms with Gasteiger partial charge in [-0.05, 0) is 64.2 Å². The standard InChI is InChI=1S/C15H28O3/c1-10-11(13(2,3)16)6-8-15(18)9-14(4,17)7-5-12(10)15/h10-12,16-18H,5-9H2,1-4H3/t10-,11-,12?,14+,15?/m1/s1. The molecule has 0 saturated heterocycles. The summed E-state index contributed by atoms with van der Waals surface area (Å²) < 4.78 is 0. The molecule has 2 unspecified atom stereocenters. The Labute approximate surface area is 110 Å². The molecule has 5 atom stereocenters. The summed E-state index contributed by atoms with van der Waals surface area (Å²) in [7, 11) is 0. The van der Waals surface area contributed by atoms with E-state index >= 15 is 0 Å². The van der Waals surface area contributed by atoms with Crippen molar-refractivity contribution in [3.63, 3.8) is 0 Å². The van der Waals surface area contributed by atoms with Crippen LogP contribution in [0.25, 0.3) is 0 Å². The first-order valence-electron chi connectivity index (χ1n) is 7.22. The largest absolute Gasteiger partial charge is 0.390 e. The van der Waals surface area contributed by atoms with Crippen LogP contribution in [-0.4, -0.2) is 32.1 Å². The normalized spacial score (nSPS) is 49.8. The number of fused-ring (bicyclic) bond motifs is 1. The highest BCUT2D eigenvalue weighted by molar-refractivity contribution is 5.05. The van der Waals surface area contributed by atoms with Gasteiger partial charge in [0.1, 0.15) is 0 Å². The molecule has 2 fully saturated rings. The SMILES string of the molecule is C[C@H]1C2CC[C@](C)(O)CC2(O)CC[C@H]1C(C)(C)O. The third-order valence-electron chi connectivity index (χ3n) is 5.44. The van der Waals surface area contributed by atoms with E-state index < -0.39 is 16.8 Å². The maximum Gasteiger partial charge on any atom is 0.0705 e. The van der Waals surface area contributed by atoms with Crippen molar-refractivity contribution in [2.75, 3.05) is 0 Å². The van der Waals surface area contributed by atoms with E-state index in [9.17, 15) is 15.3 Å². The Kier molecular flexibility index (Phi) is 3.33. The molecule has 0 spiro atoms. The van der Waals surface area contributed by atoms with E-state index in [1.807, 2.05) is 20.8 Å². The van der Waals surface area contributed by atoms with Gasteiger partial charge < -0.3 is 15.3 Å². The van der Waals surface area contributed by atoms with Crippen molar-refractivity contribution in [2.24, 2.45) is 17.8 Å². The molecule has 0 bridgehead atoms. The highest BCUT2D eigenvalue weighted by Crippen LogP contribution is 2.53. The number of hydrogen-bond donors (Lipinski definition) is 3. The van der Waals surface area contributed by atoms with Crippen LogP contribution in [0.5, 0.6) is 0 Å². The molecule has 0 amide bonds. The van der Waals surface area contributed by atoms with Gasteiger partial charge in [-0.1, -0.05) is 6.92 Å². The monoisotopic (exact) mass is 256 g/mol. The van der Waals surface area contributed by atoms with Gasteiger partial charge in [-0.2, -0.15) is 0 Å². The summed E-state index contributed by atoms with van der Waals surface area (Å²) in [6, 6.07) is 0. The van der Waals surface area contributed by atoms with Crippen LogP contribution in [0.1, 0.15) is 59.8 Å². The lowest BCUT2D eigenvalue weighted by Crippen LogP contribution is -2.57. The Bertz CT molecular complexity index is 318. The summed E-state index contributed by atoms with van der Waals surface area (Å²) in [6.45, 7) is 7.72. The minimum Gasteiger partial charge on any atom is -0.390 e. The zero-order valence-corrected chi connectivity index (χ0v) is 12.1. The summed E-state index contributed by atoms with van der Waals surface area (Å²) in [5.41, 5.74) is -2.14. The average molecular weight is 256 g/mol. The van der Waals surface area contributed by atoms with Gasteiger partial charge in [0.25, 0.3) is 0 Å². The Hall–Kier alpha value is -0.120. The highest BCUT2D eigenvalue weighted by Gasteiger charge is 2.54. The average Bonchev–Trinajstić information content (AvgIpc) is 2.12. The molecular formula is C15H28O3. The van der Waals surface area contributed by atoms with E-state index in [-0.39, 0.29) is 11.8 Å². The van der Waals surface area contributed by atoms with Crippen LogP contribution in [0.4, 0.5) is 0 Å². The summed E-state index contributed by atoms with van der Waals surface area (Å²) >= 11 is 0. The maximum absolute atomic E-state index is 10.8. The number of aliphatic hydroxyl groups is 3. The molecule has 0 aromatic carbocycles. The third-order valence-corrected chi connectivity index (χ3v) is 5.44. The van der Waals surface area contributed by atoms with Gasteiger partial charge in [0.2, 0.25) is 0 Å². The molecule has 0 heterocycles. The first-order valence-corrected chi connectivity index (χ1v) is 7.22. The molecule has 3 nitrogen and oxygen atoms in total. The van der Waals surface area contributed by atoms with Crippen LogP contribution < -0.4 is 0 Å². The van der Waals surface area contributed by atoms with Crippen LogP contribution in [0.3, 0.4) is 0 Å². The summed E-state index contributed by atoms with van der Waals surface area (Å²) in [6.07, 6.45) is 3.63. The first-order chi connectivity index (χ1) is 8.05. The van der Waals surface area contributed by atoms with E-state index in [1.54, 1.807) is 0 Å². The topological polar surface area (TPSA) is 60.7 Å². The van der Waals surface area contributed by atoms with Gasteiger partial charge in [0.05, 0.1) is 16.8 Å². The highest BCUT2D eigenvalue weighted by atomic mass is 16.3. The molecule has 3 heteroatoms. The molecule has 0 aromatic rings. The van der Waals surface area contributed by atoms with Crippen molar-refractivity contribution in [1.29, 1.82) is 0 Å². The third kappa shape index (κ3) is 2.45. The van der Waals surface area contributed by atoms with Crippen LogP contribution in [0, 0.1) is 17.8 Å². The molecule has 18 heavy (non-hydrogen) atoms. The number of rotatable bonds is 1. The van der Waals surface area contributed by atoms with Gasteiger partial charge in [-0.15, -0.1) is 0 Å². The summed E-state index contributed by atoms with van der Waals surface area (Å²) in [5.74, 6) is 0.758. The molecule has 3 N–H and O–H groups in total. The van der Waals surface area contributed by atoms with Gasteiger partial charge in [0.15, 0.2) is 0 Å². The van der Waals surface area contributed by atoms with Crippen molar-refractivity contribution < 1.29 is 15.3 Å². The number of hydrogen-bond acceptors (Lipinski definition) is 3. The zero-order valence-electron chi connectivity index (χ0n) is 12.1. The van der Waals surface area contributed by atoms with Crippen molar-refractivity contribution in [2.45, 2.75) is 76.6 Å². The van der Waals surface area contributed by atoms with Gasteiger partial charge in [-0.3, -0.25) is 0 Å². The lowest BCUT2D eigenvalue weighted by atomic mass is 9.55. The lowest BCUT2D eigenvalue weighted by Gasteiger charge is -2.55. The van der Waals surface area contributed by atoms with Crippen LogP contribution in [0.15, 0.2) is 0 Å². The molecule has 2 rings (SSSR count). The van der Waals surface area contributed by atoms with Crippen LogP contribution in [0.2, 0.25) is 0 Å². The van der Waals surface area contributed by atoms with Crippen LogP contribution >= 0.6 is 0 Å². The Balaban J connectivity index is 2.20. The maximum atomic E-state index is 10.8. The molecule has 2 aliphatic carbocycles. The van der Waals surface area contributed by atoms with Crippen LogP contribution in [-0.2, 0) is 0 Å². The van der Waals surface area contributed by atoms with Gasteiger partial charge in [-0.25, -0.2) is 0 Å². The van der Waals surface area contributed by atoms with Gasteiger partial charge in [0, 0.05) is 6.42 Å². The molecule has 0 aliphatic heterocycles. The molecular weight excluding hydrogens is 228 g/mol. The van der Waals surface area contributed by atoms with Crippen molar-refractivity contribution in [3.05, 3.63) is 0 Å². The summed E-state index contributed by atoms with van der Waals surface area (Å²) in [4.78, 5) is 0. The van der Waals surface area contributed by atoms with Gasteiger partial charge >= 0.3 is 0 Å². The smallest absolute Gasteiger partial charge is 0.0705 e. The second-order valence-electron chi connectivity index (χ2n) is 7.58. The lowest BCUT2D eigenvalue weighted by molar-refractivity contribution is -0.183. The molecule has 106 valence electrons. The van der Waals surface area contributed by atoms with E-state index in [2.05, 4.69) is 6.92 Å². The molecule has 2 saturated carbocycles. The Morgan fingerprint density at radius 2 is 1.72 bits per heavy atom. The second kappa shape index (κ2) is 4.19. The van der Waals surface area contributed by atoms with E-state index in [1.165, 1.54) is 0 Å². The predicted molar refractivity (Wildman–Crippen MR) is 71.1 cm³/mol. The second-order valence-corrected chi connectivity index (χ2v) is 7.58. The molecule has 0 radical (unpaired) electrons. The van der Waals surface area contributed by atoms with E-state index in [0.717, 1.165) is 19.3 Å². The fourth-order valence-electron chi connectivity index (χ4n) is 4.59. The van der Waals surface area contributed by atoms with Crippen molar-refractivity contribution in [3.8, 4) is 0 Å². The van der Waals surface area contributed by atoms with Crippen molar-refractivity contribution >= 4 is 0 Å².